The number of aromatic nitrogens is 6. The monoisotopic (exact) mass is 794 g/mol. The van der Waals surface area contributed by atoms with Gasteiger partial charge in [0.15, 0.2) is 17.5 Å². The molecule has 4 heterocycles. The highest BCUT2D eigenvalue weighted by molar-refractivity contribution is 6.16. The SMILES string of the molecule is C=C/C(=C\C(=C)n1c2ccccc2c2c(-c3cc(-c4nc(-c5ccccc5)nc(-c5ccccc5)n4)ccn3)cccc21)c1ccc2c3ccccc3n(-c3ccccc3)c2c1. The van der Waals surface area contributed by atoms with Gasteiger partial charge in [0, 0.05) is 61.4 Å². The van der Waals surface area contributed by atoms with E-state index in [0.29, 0.717) is 17.5 Å². The number of pyridine rings is 1. The second-order valence-electron chi connectivity index (χ2n) is 15.2. The second-order valence-corrected chi connectivity index (χ2v) is 15.2. The van der Waals surface area contributed by atoms with Gasteiger partial charge >= 0.3 is 0 Å². The highest BCUT2D eigenvalue weighted by Gasteiger charge is 2.19. The van der Waals surface area contributed by atoms with Gasteiger partial charge in [-0.05, 0) is 65.7 Å². The molecule has 0 atom stereocenters. The molecule has 0 spiro atoms. The van der Waals surface area contributed by atoms with Crippen molar-refractivity contribution in [3.05, 3.63) is 225 Å². The van der Waals surface area contributed by atoms with Crippen molar-refractivity contribution in [2.45, 2.75) is 0 Å². The number of hydrogen-bond acceptors (Lipinski definition) is 4. The number of rotatable bonds is 9. The van der Waals surface area contributed by atoms with Crippen molar-refractivity contribution in [3.63, 3.8) is 0 Å². The van der Waals surface area contributed by atoms with Crippen molar-refractivity contribution in [3.8, 4) is 51.1 Å². The summed E-state index contributed by atoms with van der Waals surface area (Å²) in [4.78, 5) is 19.8. The number of hydrogen-bond donors (Lipinski definition) is 0. The Labute approximate surface area is 358 Å². The van der Waals surface area contributed by atoms with Crippen LogP contribution in [0.4, 0.5) is 0 Å². The predicted octanol–water partition coefficient (Wildman–Crippen LogP) is 13.9. The third-order valence-electron chi connectivity index (χ3n) is 11.5. The molecule has 0 saturated heterocycles. The largest absolute Gasteiger partial charge is 0.310 e. The minimum Gasteiger partial charge on any atom is -0.310 e. The molecule has 4 aromatic heterocycles. The Kier molecular flexibility index (Phi) is 9.02. The average molecular weight is 795 g/mol. The number of allylic oxidation sites excluding steroid dienone is 4. The molecule has 0 aliphatic rings. The summed E-state index contributed by atoms with van der Waals surface area (Å²) in [6.07, 6.45) is 5.89. The summed E-state index contributed by atoms with van der Waals surface area (Å²) >= 11 is 0. The summed E-state index contributed by atoms with van der Waals surface area (Å²) in [5.74, 6) is 1.80. The molecule has 0 aliphatic heterocycles. The highest BCUT2D eigenvalue weighted by atomic mass is 15.0. The Bertz CT molecular complexity index is 3490. The van der Waals surface area contributed by atoms with Crippen LogP contribution in [0.15, 0.2) is 220 Å². The molecule has 0 unspecified atom stereocenters. The molecule has 11 rings (SSSR count). The lowest BCUT2D eigenvalue weighted by Gasteiger charge is -2.12. The van der Waals surface area contributed by atoms with Gasteiger partial charge in [-0.2, -0.15) is 0 Å². The summed E-state index contributed by atoms with van der Waals surface area (Å²) in [7, 11) is 0. The van der Waals surface area contributed by atoms with E-state index >= 15 is 0 Å². The van der Waals surface area contributed by atoms with Crippen molar-refractivity contribution in [2.24, 2.45) is 0 Å². The molecule has 11 aromatic rings. The Morgan fingerprint density at radius 2 is 1.06 bits per heavy atom. The van der Waals surface area contributed by atoms with Gasteiger partial charge < -0.3 is 9.13 Å². The molecule has 0 aliphatic carbocycles. The molecule has 62 heavy (non-hydrogen) atoms. The zero-order chi connectivity index (χ0) is 41.6. The van der Waals surface area contributed by atoms with Gasteiger partial charge in [0.05, 0.1) is 27.8 Å². The van der Waals surface area contributed by atoms with E-state index in [0.717, 1.165) is 77.8 Å². The number of para-hydroxylation sites is 3. The molecule has 6 nitrogen and oxygen atoms in total. The molecule has 7 aromatic carbocycles. The lowest BCUT2D eigenvalue weighted by Crippen LogP contribution is -2.00. The van der Waals surface area contributed by atoms with Crippen LogP contribution in [-0.2, 0) is 0 Å². The Hall–Kier alpha value is -8.48. The number of nitrogens with zero attached hydrogens (tertiary/aromatic N) is 6. The fourth-order valence-electron chi connectivity index (χ4n) is 8.71. The quantitative estimate of drug-likeness (QED) is 0.137. The maximum Gasteiger partial charge on any atom is 0.164 e. The average Bonchev–Trinajstić information content (AvgIpc) is 3.87. The molecule has 292 valence electrons. The van der Waals surface area contributed by atoms with Crippen LogP contribution in [0.25, 0.3) is 106 Å². The van der Waals surface area contributed by atoms with Crippen LogP contribution in [0, 0.1) is 0 Å². The van der Waals surface area contributed by atoms with Crippen LogP contribution < -0.4 is 0 Å². The van der Waals surface area contributed by atoms with E-state index in [-0.39, 0.29) is 0 Å². The fourth-order valence-corrected chi connectivity index (χ4v) is 8.71. The molecular weight excluding hydrogens is 757 g/mol. The van der Waals surface area contributed by atoms with E-state index in [1.54, 1.807) is 0 Å². The standard InChI is InChI=1S/C56H38N6/c1-3-38(41-30-31-45-44-24-13-15-27-49(44)62(52(45)36-41)43-22-11-6-12-23-43)34-37(2)61-50-28-16-14-25-47(50)53-46(26-17-29-51(53)61)48-35-42(32-33-57-48)56-59-54(39-18-7-4-8-19-39)58-55(60-56)40-20-9-5-10-21-40/h3-36H,1-2H2/b38-34+. The maximum absolute atomic E-state index is 5.00. The predicted molar refractivity (Wildman–Crippen MR) is 257 cm³/mol. The Morgan fingerprint density at radius 3 is 1.76 bits per heavy atom. The van der Waals surface area contributed by atoms with E-state index in [2.05, 4.69) is 143 Å². The first-order valence-electron chi connectivity index (χ1n) is 20.6. The lowest BCUT2D eigenvalue weighted by atomic mass is 10.0. The number of benzene rings is 7. The van der Waals surface area contributed by atoms with Crippen LogP contribution >= 0.6 is 0 Å². The third-order valence-corrected chi connectivity index (χ3v) is 11.5. The van der Waals surface area contributed by atoms with Crippen LogP contribution in [0.3, 0.4) is 0 Å². The second kappa shape index (κ2) is 15.3. The normalized spacial score (nSPS) is 11.8. The molecular formula is C56H38N6. The third kappa shape index (κ3) is 6.30. The van der Waals surface area contributed by atoms with E-state index in [1.165, 1.54) is 16.3 Å². The molecule has 0 amide bonds. The first-order valence-corrected chi connectivity index (χ1v) is 20.6. The van der Waals surface area contributed by atoms with Gasteiger partial charge in [0.2, 0.25) is 0 Å². The molecule has 6 heteroatoms. The molecule has 0 saturated carbocycles. The van der Waals surface area contributed by atoms with Crippen molar-refractivity contribution in [1.82, 2.24) is 29.1 Å². The van der Waals surface area contributed by atoms with Crippen LogP contribution in [0.1, 0.15) is 5.56 Å². The van der Waals surface area contributed by atoms with Crippen molar-refractivity contribution < 1.29 is 0 Å². The summed E-state index contributed by atoms with van der Waals surface area (Å²) < 4.78 is 4.58. The first-order chi connectivity index (χ1) is 30.6. The minimum atomic E-state index is 0.578. The van der Waals surface area contributed by atoms with Gasteiger partial charge in [-0.1, -0.05) is 159 Å². The molecule has 0 bridgehead atoms. The zero-order valence-corrected chi connectivity index (χ0v) is 33.7. The summed E-state index contributed by atoms with van der Waals surface area (Å²) in [6.45, 7) is 8.98. The summed E-state index contributed by atoms with van der Waals surface area (Å²) in [5.41, 5.74) is 12.8. The van der Waals surface area contributed by atoms with E-state index in [4.69, 9.17) is 26.5 Å². The van der Waals surface area contributed by atoms with Gasteiger partial charge in [-0.3, -0.25) is 4.98 Å². The maximum atomic E-state index is 5.00. The van der Waals surface area contributed by atoms with Gasteiger partial charge in [0.1, 0.15) is 0 Å². The van der Waals surface area contributed by atoms with Crippen LogP contribution in [-0.4, -0.2) is 29.1 Å². The van der Waals surface area contributed by atoms with Crippen molar-refractivity contribution >= 4 is 54.9 Å². The Balaban J connectivity index is 1.02. The van der Waals surface area contributed by atoms with Crippen molar-refractivity contribution in [2.75, 3.05) is 0 Å². The topological polar surface area (TPSA) is 61.4 Å². The summed E-state index contributed by atoms with van der Waals surface area (Å²) in [5, 5.41) is 4.61. The van der Waals surface area contributed by atoms with Crippen molar-refractivity contribution in [1.29, 1.82) is 0 Å². The minimum absolute atomic E-state index is 0.578. The smallest absolute Gasteiger partial charge is 0.164 e. The Morgan fingerprint density at radius 1 is 0.484 bits per heavy atom. The van der Waals surface area contributed by atoms with Crippen LogP contribution in [0.2, 0.25) is 0 Å². The van der Waals surface area contributed by atoms with Crippen LogP contribution in [0.5, 0.6) is 0 Å². The number of fused-ring (bicyclic) bond motifs is 6. The van der Waals surface area contributed by atoms with Gasteiger partial charge in [0.25, 0.3) is 0 Å². The van der Waals surface area contributed by atoms with E-state index < -0.39 is 0 Å². The molecule has 0 fully saturated rings. The molecule has 0 radical (unpaired) electrons. The van der Waals surface area contributed by atoms with E-state index in [1.807, 2.05) is 79.0 Å². The van der Waals surface area contributed by atoms with Gasteiger partial charge in [-0.25, -0.2) is 15.0 Å². The van der Waals surface area contributed by atoms with Gasteiger partial charge in [-0.15, -0.1) is 0 Å². The van der Waals surface area contributed by atoms with E-state index in [9.17, 15) is 0 Å². The molecule has 0 N–H and O–H groups in total. The first kappa shape index (κ1) is 36.6. The lowest BCUT2D eigenvalue weighted by molar-refractivity contribution is 1.07. The zero-order valence-electron chi connectivity index (χ0n) is 33.7. The highest BCUT2D eigenvalue weighted by Crippen LogP contribution is 2.40. The summed E-state index contributed by atoms with van der Waals surface area (Å²) in [6, 6.07) is 64.8. The fraction of sp³-hybridized carbons (Fsp3) is 0.